The summed E-state index contributed by atoms with van der Waals surface area (Å²) in [6.07, 6.45) is 0. The lowest BCUT2D eigenvalue weighted by Gasteiger charge is -2.27. The molecule has 0 bridgehead atoms. The molecule has 1 aliphatic rings. The second kappa shape index (κ2) is 7.08. The van der Waals surface area contributed by atoms with E-state index in [-0.39, 0.29) is 23.1 Å². The first-order valence-corrected chi connectivity index (χ1v) is 8.52. The Labute approximate surface area is 130 Å². The molecule has 0 radical (unpaired) electrons. The van der Waals surface area contributed by atoms with Gasteiger partial charge in [0.1, 0.15) is 10.6 Å². The van der Waals surface area contributed by atoms with E-state index in [1.165, 1.54) is 19.2 Å². The highest BCUT2D eigenvalue weighted by Crippen LogP contribution is 2.25. The van der Waals surface area contributed by atoms with E-state index in [9.17, 15) is 13.2 Å². The Bertz CT molecular complexity index is 639. The van der Waals surface area contributed by atoms with Gasteiger partial charge in [0.25, 0.3) is 5.91 Å². The molecule has 7 nitrogen and oxygen atoms in total. The number of carbonyl (C=O) groups excluding carboxylic acids is 1. The summed E-state index contributed by atoms with van der Waals surface area (Å²) in [7, 11) is -2.32. The average molecular weight is 328 g/mol. The van der Waals surface area contributed by atoms with Crippen molar-refractivity contribution in [2.45, 2.75) is 11.8 Å². The van der Waals surface area contributed by atoms with Gasteiger partial charge in [0, 0.05) is 25.2 Å². The van der Waals surface area contributed by atoms with Gasteiger partial charge in [-0.15, -0.1) is 0 Å². The predicted octanol–water partition coefficient (Wildman–Crippen LogP) is 0.466. The lowest BCUT2D eigenvalue weighted by Crippen LogP contribution is -2.40. The molecule has 0 aliphatic carbocycles. The Morgan fingerprint density at radius 3 is 2.64 bits per heavy atom. The SMILES string of the molecule is CCNS(=O)(=O)c1cc(C(=O)N2CCOCC2)ccc1OC. The van der Waals surface area contributed by atoms with E-state index < -0.39 is 10.0 Å². The van der Waals surface area contributed by atoms with Gasteiger partial charge in [-0.2, -0.15) is 0 Å². The third kappa shape index (κ3) is 3.57. The number of nitrogens with zero attached hydrogens (tertiary/aromatic N) is 1. The summed E-state index contributed by atoms with van der Waals surface area (Å²) in [5.41, 5.74) is 0.319. The van der Waals surface area contributed by atoms with E-state index >= 15 is 0 Å². The standard InChI is InChI=1S/C14H20N2O5S/c1-3-15-22(18,19)13-10-11(4-5-12(13)20-2)14(17)16-6-8-21-9-7-16/h4-5,10,15H,3,6-9H2,1-2H3. The molecule has 1 amide bonds. The Balaban J connectivity index is 2.36. The number of morpholine rings is 1. The van der Waals surface area contributed by atoms with Crippen molar-refractivity contribution in [2.24, 2.45) is 0 Å². The van der Waals surface area contributed by atoms with E-state index in [4.69, 9.17) is 9.47 Å². The lowest BCUT2D eigenvalue weighted by atomic mass is 10.2. The molecule has 0 spiro atoms. The third-order valence-corrected chi connectivity index (χ3v) is 4.90. The number of carbonyl (C=O) groups is 1. The van der Waals surface area contributed by atoms with Crippen LogP contribution in [-0.4, -0.2) is 59.2 Å². The molecule has 0 atom stereocenters. The molecule has 0 saturated carbocycles. The average Bonchev–Trinajstić information content (AvgIpc) is 2.54. The minimum absolute atomic E-state index is 0.0315. The smallest absolute Gasteiger partial charge is 0.254 e. The van der Waals surface area contributed by atoms with Crippen LogP contribution in [0.1, 0.15) is 17.3 Å². The Morgan fingerprint density at radius 1 is 1.36 bits per heavy atom. The second-order valence-electron chi connectivity index (χ2n) is 4.77. The number of amides is 1. The van der Waals surface area contributed by atoms with Crippen LogP contribution in [-0.2, 0) is 14.8 Å². The van der Waals surface area contributed by atoms with Gasteiger partial charge in [0.05, 0.1) is 20.3 Å². The molecular weight excluding hydrogens is 308 g/mol. The minimum atomic E-state index is -3.71. The van der Waals surface area contributed by atoms with Crippen LogP contribution in [0.5, 0.6) is 5.75 Å². The number of nitrogens with one attached hydrogen (secondary N) is 1. The number of ether oxygens (including phenoxy) is 2. The summed E-state index contributed by atoms with van der Waals surface area (Å²) in [5, 5.41) is 0. The van der Waals surface area contributed by atoms with Crippen LogP contribution in [0.15, 0.2) is 23.1 Å². The Morgan fingerprint density at radius 2 is 2.05 bits per heavy atom. The van der Waals surface area contributed by atoms with Crippen molar-refractivity contribution < 1.29 is 22.7 Å². The number of hydrogen-bond donors (Lipinski definition) is 1. The monoisotopic (exact) mass is 328 g/mol. The molecule has 0 unspecified atom stereocenters. The van der Waals surface area contributed by atoms with Gasteiger partial charge in [-0.3, -0.25) is 4.79 Å². The number of hydrogen-bond acceptors (Lipinski definition) is 5. The summed E-state index contributed by atoms with van der Waals surface area (Å²) >= 11 is 0. The van der Waals surface area contributed by atoms with Crippen LogP contribution in [0, 0.1) is 0 Å². The van der Waals surface area contributed by atoms with Crippen LogP contribution in [0.4, 0.5) is 0 Å². The molecule has 1 N–H and O–H groups in total. The zero-order valence-electron chi connectivity index (χ0n) is 12.7. The highest BCUT2D eigenvalue weighted by atomic mass is 32.2. The zero-order valence-corrected chi connectivity index (χ0v) is 13.5. The zero-order chi connectivity index (χ0) is 16.2. The maximum Gasteiger partial charge on any atom is 0.254 e. The highest BCUT2D eigenvalue weighted by molar-refractivity contribution is 7.89. The van der Waals surface area contributed by atoms with E-state index in [2.05, 4.69) is 4.72 Å². The van der Waals surface area contributed by atoms with E-state index in [0.29, 0.717) is 31.9 Å². The molecule has 1 heterocycles. The van der Waals surface area contributed by atoms with Crippen molar-refractivity contribution >= 4 is 15.9 Å². The first kappa shape index (κ1) is 16.7. The van der Waals surface area contributed by atoms with Crippen LogP contribution < -0.4 is 9.46 Å². The molecule has 2 rings (SSSR count). The van der Waals surface area contributed by atoms with Crippen LogP contribution >= 0.6 is 0 Å². The normalized spacial score (nSPS) is 15.6. The summed E-state index contributed by atoms with van der Waals surface area (Å²) in [6, 6.07) is 4.42. The van der Waals surface area contributed by atoms with Gasteiger partial charge < -0.3 is 14.4 Å². The highest BCUT2D eigenvalue weighted by Gasteiger charge is 2.24. The van der Waals surface area contributed by atoms with Gasteiger partial charge in [-0.25, -0.2) is 13.1 Å². The molecule has 1 aromatic carbocycles. The topological polar surface area (TPSA) is 84.9 Å². The van der Waals surface area contributed by atoms with Crippen LogP contribution in [0.25, 0.3) is 0 Å². The number of sulfonamides is 1. The quantitative estimate of drug-likeness (QED) is 0.849. The van der Waals surface area contributed by atoms with Crippen molar-refractivity contribution in [1.82, 2.24) is 9.62 Å². The van der Waals surface area contributed by atoms with E-state index in [1.807, 2.05) is 0 Å². The van der Waals surface area contributed by atoms with Crippen LogP contribution in [0.3, 0.4) is 0 Å². The van der Waals surface area contributed by atoms with Gasteiger partial charge in [-0.05, 0) is 18.2 Å². The summed E-state index contributed by atoms with van der Waals surface area (Å²) < 4.78 is 37.2. The van der Waals surface area contributed by atoms with E-state index in [1.54, 1.807) is 17.9 Å². The molecule has 122 valence electrons. The van der Waals surface area contributed by atoms with Gasteiger partial charge >= 0.3 is 0 Å². The minimum Gasteiger partial charge on any atom is -0.495 e. The number of methoxy groups -OCH3 is 1. The largest absolute Gasteiger partial charge is 0.495 e. The second-order valence-corrected chi connectivity index (χ2v) is 6.51. The maximum absolute atomic E-state index is 12.5. The van der Waals surface area contributed by atoms with Gasteiger partial charge in [0.15, 0.2) is 0 Å². The summed E-state index contributed by atoms with van der Waals surface area (Å²) in [4.78, 5) is 14.1. The molecule has 1 aromatic rings. The fourth-order valence-corrected chi connectivity index (χ4v) is 3.47. The van der Waals surface area contributed by atoms with Crippen molar-refractivity contribution in [3.05, 3.63) is 23.8 Å². The molecule has 8 heteroatoms. The number of rotatable bonds is 5. The van der Waals surface area contributed by atoms with Gasteiger partial charge in [-0.1, -0.05) is 6.92 Å². The molecule has 1 aliphatic heterocycles. The predicted molar refractivity (Wildman–Crippen MR) is 80.6 cm³/mol. The Hall–Kier alpha value is -1.64. The first-order chi connectivity index (χ1) is 10.5. The molecule has 0 aromatic heterocycles. The van der Waals surface area contributed by atoms with Crippen LogP contribution in [0.2, 0.25) is 0 Å². The molecular formula is C14H20N2O5S. The third-order valence-electron chi connectivity index (χ3n) is 3.33. The molecule has 1 fully saturated rings. The van der Waals surface area contributed by atoms with Crippen molar-refractivity contribution in [3.8, 4) is 5.75 Å². The van der Waals surface area contributed by atoms with Crippen molar-refractivity contribution in [3.63, 3.8) is 0 Å². The van der Waals surface area contributed by atoms with Gasteiger partial charge in [0.2, 0.25) is 10.0 Å². The summed E-state index contributed by atoms with van der Waals surface area (Å²) in [6.45, 7) is 3.93. The van der Waals surface area contributed by atoms with E-state index in [0.717, 1.165) is 0 Å². The molecule has 22 heavy (non-hydrogen) atoms. The summed E-state index contributed by atoms with van der Waals surface area (Å²) in [5.74, 6) is -0.00150. The Kier molecular flexibility index (Phi) is 5.38. The fourth-order valence-electron chi connectivity index (χ4n) is 2.24. The fraction of sp³-hybridized carbons (Fsp3) is 0.500. The lowest BCUT2D eigenvalue weighted by molar-refractivity contribution is 0.0302. The first-order valence-electron chi connectivity index (χ1n) is 7.04. The number of benzene rings is 1. The maximum atomic E-state index is 12.5. The van der Waals surface area contributed by atoms with Crippen molar-refractivity contribution in [1.29, 1.82) is 0 Å². The van der Waals surface area contributed by atoms with Crippen molar-refractivity contribution in [2.75, 3.05) is 40.0 Å². The molecule has 1 saturated heterocycles.